The molecule has 0 unspecified atom stereocenters. The van der Waals surface area contributed by atoms with Crippen molar-refractivity contribution in [2.24, 2.45) is 0 Å². The van der Waals surface area contributed by atoms with Crippen LogP contribution in [-0.4, -0.2) is 36.7 Å². The molecule has 1 amide bonds. The van der Waals surface area contributed by atoms with E-state index in [-0.39, 0.29) is 23.0 Å². The summed E-state index contributed by atoms with van der Waals surface area (Å²) in [6, 6.07) is 1.31. The SMILES string of the molecule is Cc1csc(CNC(=O)c2cc(S(=O)(=O)N3CCCC3)c(C)o2)n1. The van der Waals surface area contributed by atoms with Crippen LogP contribution in [0.1, 0.15) is 39.9 Å². The molecule has 2 aromatic rings. The highest BCUT2D eigenvalue weighted by Crippen LogP contribution is 2.26. The van der Waals surface area contributed by atoms with Crippen molar-refractivity contribution in [3.8, 4) is 0 Å². The minimum atomic E-state index is -3.60. The van der Waals surface area contributed by atoms with Crippen molar-refractivity contribution in [2.45, 2.75) is 38.1 Å². The number of sulfonamides is 1. The summed E-state index contributed by atoms with van der Waals surface area (Å²) in [4.78, 5) is 16.5. The van der Waals surface area contributed by atoms with Gasteiger partial charge in [0, 0.05) is 30.2 Å². The van der Waals surface area contributed by atoms with Crippen molar-refractivity contribution in [3.63, 3.8) is 0 Å². The largest absolute Gasteiger partial charge is 0.455 e. The van der Waals surface area contributed by atoms with Gasteiger partial charge in [0.25, 0.3) is 5.91 Å². The van der Waals surface area contributed by atoms with Crippen molar-refractivity contribution in [3.05, 3.63) is 33.7 Å². The number of carbonyl (C=O) groups is 1. The van der Waals surface area contributed by atoms with E-state index in [9.17, 15) is 13.2 Å². The van der Waals surface area contributed by atoms with Gasteiger partial charge < -0.3 is 9.73 Å². The fourth-order valence-corrected chi connectivity index (χ4v) is 5.02. The predicted octanol–water partition coefficient (Wildman–Crippen LogP) is 2.07. The fourth-order valence-electron chi connectivity index (χ4n) is 2.63. The number of furan rings is 1. The second-order valence-electron chi connectivity index (χ2n) is 5.71. The van der Waals surface area contributed by atoms with E-state index < -0.39 is 15.9 Å². The third-order valence-electron chi connectivity index (χ3n) is 3.85. The third kappa shape index (κ3) is 3.38. The summed E-state index contributed by atoms with van der Waals surface area (Å²) in [5.41, 5.74) is 0.900. The number of aromatic nitrogens is 1. The van der Waals surface area contributed by atoms with Crippen LogP contribution in [-0.2, 0) is 16.6 Å². The molecule has 3 rings (SSSR count). The van der Waals surface area contributed by atoms with Gasteiger partial charge in [0.2, 0.25) is 10.0 Å². The van der Waals surface area contributed by atoms with Crippen LogP contribution in [0.3, 0.4) is 0 Å². The van der Waals surface area contributed by atoms with E-state index in [4.69, 9.17) is 4.42 Å². The molecule has 2 aromatic heterocycles. The zero-order chi connectivity index (χ0) is 17.3. The fraction of sp³-hybridized carbons (Fsp3) is 0.467. The normalized spacial score (nSPS) is 15.8. The lowest BCUT2D eigenvalue weighted by atomic mass is 10.4. The first kappa shape index (κ1) is 17.1. The van der Waals surface area contributed by atoms with Gasteiger partial charge in [-0.1, -0.05) is 0 Å². The maximum atomic E-state index is 12.6. The molecule has 1 N–H and O–H groups in total. The summed E-state index contributed by atoms with van der Waals surface area (Å²) in [6.07, 6.45) is 1.72. The van der Waals surface area contributed by atoms with E-state index >= 15 is 0 Å². The molecule has 0 radical (unpaired) electrons. The molecule has 3 heterocycles. The molecule has 0 saturated carbocycles. The Hall–Kier alpha value is -1.71. The molecule has 1 aliphatic heterocycles. The Labute approximate surface area is 144 Å². The van der Waals surface area contributed by atoms with Gasteiger partial charge in [0.15, 0.2) is 5.76 Å². The number of nitrogens with one attached hydrogen (secondary N) is 1. The van der Waals surface area contributed by atoms with Gasteiger partial charge in [-0.15, -0.1) is 11.3 Å². The van der Waals surface area contributed by atoms with Crippen LogP contribution in [0.15, 0.2) is 20.8 Å². The summed E-state index contributed by atoms with van der Waals surface area (Å²) < 4.78 is 32.0. The highest BCUT2D eigenvalue weighted by molar-refractivity contribution is 7.89. The zero-order valence-corrected chi connectivity index (χ0v) is 15.2. The minimum Gasteiger partial charge on any atom is -0.455 e. The van der Waals surface area contributed by atoms with Gasteiger partial charge in [0.1, 0.15) is 15.7 Å². The van der Waals surface area contributed by atoms with Crippen molar-refractivity contribution in [1.29, 1.82) is 0 Å². The first-order valence-electron chi connectivity index (χ1n) is 7.68. The molecule has 24 heavy (non-hydrogen) atoms. The maximum absolute atomic E-state index is 12.6. The van der Waals surface area contributed by atoms with E-state index in [2.05, 4.69) is 10.3 Å². The van der Waals surface area contributed by atoms with E-state index in [0.29, 0.717) is 13.1 Å². The molecule has 1 fully saturated rings. The number of amides is 1. The molecule has 1 saturated heterocycles. The molecule has 1 aliphatic rings. The number of hydrogen-bond acceptors (Lipinski definition) is 6. The van der Waals surface area contributed by atoms with Crippen LogP contribution < -0.4 is 5.32 Å². The second kappa shape index (κ2) is 6.66. The van der Waals surface area contributed by atoms with E-state index in [1.54, 1.807) is 6.92 Å². The summed E-state index contributed by atoms with van der Waals surface area (Å²) in [5, 5.41) is 5.39. The Balaban J connectivity index is 1.74. The van der Waals surface area contributed by atoms with Gasteiger partial charge in [0.05, 0.1) is 6.54 Å². The first-order valence-corrected chi connectivity index (χ1v) is 9.99. The first-order chi connectivity index (χ1) is 11.4. The van der Waals surface area contributed by atoms with Crippen molar-refractivity contribution >= 4 is 27.3 Å². The summed E-state index contributed by atoms with van der Waals surface area (Å²) in [5.74, 6) is -0.218. The number of hydrogen-bond donors (Lipinski definition) is 1. The van der Waals surface area contributed by atoms with Crippen LogP contribution in [0.25, 0.3) is 0 Å². The van der Waals surface area contributed by atoms with Gasteiger partial charge in [-0.3, -0.25) is 4.79 Å². The molecular weight excluding hydrogens is 350 g/mol. The zero-order valence-electron chi connectivity index (χ0n) is 13.5. The second-order valence-corrected chi connectivity index (χ2v) is 8.56. The van der Waals surface area contributed by atoms with Crippen molar-refractivity contribution < 1.29 is 17.6 Å². The van der Waals surface area contributed by atoms with Crippen molar-refractivity contribution in [2.75, 3.05) is 13.1 Å². The molecule has 0 aliphatic carbocycles. The number of thiazole rings is 1. The maximum Gasteiger partial charge on any atom is 0.287 e. The molecule has 130 valence electrons. The lowest BCUT2D eigenvalue weighted by Gasteiger charge is -2.14. The van der Waals surface area contributed by atoms with Gasteiger partial charge in [-0.25, -0.2) is 13.4 Å². The van der Waals surface area contributed by atoms with E-state index in [0.717, 1.165) is 23.5 Å². The van der Waals surface area contributed by atoms with Crippen LogP contribution in [0, 0.1) is 13.8 Å². The lowest BCUT2D eigenvalue weighted by Crippen LogP contribution is -2.28. The lowest BCUT2D eigenvalue weighted by molar-refractivity contribution is 0.0922. The highest BCUT2D eigenvalue weighted by atomic mass is 32.2. The van der Waals surface area contributed by atoms with Crippen LogP contribution in [0.4, 0.5) is 0 Å². The Morgan fingerprint density at radius 1 is 1.38 bits per heavy atom. The third-order valence-corrected chi connectivity index (χ3v) is 6.82. The van der Waals surface area contributed by atoms with Gasteiger partial charge in [-0.2, -0.15) is 4.31 Å². The molecule has 0 atom stereocenters. The smallest absolute Gasteiger partial charge is 0.287 e. The number of aryl methyl sites for hydroxylation is 2. The average Bonchev–Trinajstić information content (AvgIpc) is 3.25. The highest BCUT2D eigenvalue weighted by Gasteiger charge is 2.31. The molecule has 0 spiro atoms. The number of nitrogens with zero attached hydrogens (tertiary/aromatic N) is 2. The Bertz CT molecular complexity index is 848. The molecule has 7 nitrogen and oxygen atoms in total. The van der Waals surface area contributed by atoms with Crippen LogP contribution >= 0.6 is 11.3 Å². The van der Waals surface area contributed by atoms with Gasteiger partial charge >= 0.3 is 0 Å². The molecule has 9 heteroatoms. The minimum absolute atomic E-state index is 0.00134. The predicted molar refractivity (Wildman–Crippen MR) is 89.5 cm³/mol. The molecular formula is C15H19N3O4S2. The number of carbonyl (C=O) groups excluding carboxylic acids is 1. The Morgan fingerprint density at radius 3 is 2.71 bits per heavy atom. The summed E-state index contributed by atoms with van der Waals surface area (Å²) in [7, 11) is -3.60. The summed E-state index contributed by atoms with van der Waals surface area (Å²) >= 11 is 1.46. The van der Waals surface area contributed by atoms with E-state index in [1.807, 2.05) is 12.3 Å². The monoisotopic (exact) mass is 369 g/mol. The van der Waals surface area contributed by atoms with E-state index in [1.165, 1.54) is 21.7 Å². The Kier molecular flexibility index (Phi) is 4.75. The summed E-state index contributed by atoms with van der Waals surface area (Å²) in [6.45, 7) is 4.75. The number of rotatable bonds is 5. The topological polar surface area (TPSA) is 92.5 Å². The van der Waals surface area contributed by atoms with Crippen molar-refractivity contribution in [1.82, 2.24) is 14.6 Å². The standard InChI is InChI=1S/C15H19N3O4S2/c1-10-9-23-14(17-10)8-16-15(19)12-7-13(11(2)22-12)24(20,21)18-5-3-4-6-18/h7,9H,3-6,8H2,1-2H3,(H,16,19). The quantitative estimate of drug-likeness (QED) is 0.871. The molecule has 0 aromatic carbocycles. The van der Waals surface area contributed by atoms with Crippen LogP contribution in [0.5, 0.6) is 0 Å². The molecule has 0 bridgehead atoms. The Morgan fingerprint density at radius 2 is 2.08 bits per heavy atom. The average molecular weight is 369 g/mol. The van der Waals surface area contributed by atoms with Gasteiger partial charge in [-0.05, 0) is 26.7 Å². The van der Waals surface area contributed by atoms with Crippen LogP contribution in [0.2, 0.25) is 0 Å².